The lowest BCUT2D eigenvalue weighted by Gasteiger charge is -2.03. The van der Waals surface area contributed by atoms with Crippen molar-refractivity contribution < 1.29 is 4.74 Å². The molecule has 3 aromatic rings. The quantitative estimate of drug-likeness (QED) is 0.756. The SMILES string of the molecule is COc1ccc2nc(Cn3cc(CC(C)SC)nn3)[nH]c2c1. The van der Waals surface area contributed by atoms with Crippen LogP contribution in [-0.2, 0) is 13.0 Å². The van der Waals surface area contributed by atoms with Gasteiger partial charge in [-0.15, -0.1) is 5.10 Å². The van der Waals surface area contributed by atoms with Crippen LogP contribution in [0.5, 0.6) is 5.75 Å². The zero-order valence-corrected chi connectivity index (χ0v) is 13.7. The van der Waals surface area contributed by atoms with Gasteiger partial charge in [0.1, 0.15) is 18.1 Å². The van der Waals surface area contributed by atoms with Gasteiger partial charge in [0.05, 0.1) is 23.8 Å². The maximum atomic E-state index is 5.22. The predicted octanol–water partition coefficient (Wildman–Crippen LogP) is 2.51. The summed E-state index contributed by atoms with van der Waals surface area (Å²) in [7, 11) is 1.66. The maximum absolute atomic E-state index is 5.22. The molecule has 0 radical (unpaired) electrons. The lowest BCUT2D eigenvalue weighted by Crippen LogP contribution is -2.02. The Morgan fingerprint density at radius 3 is 3.05 bits per heavy atom. The van der Waals surface area contributed by atoms with Crippen molar-refractivity contribution in [2.75, 3.05) is 13.4 Å². The van der Waals surface area contributed by atoms with Gasteiger partial charge in [-0.05, 0) is 18.4 Å². The molecule has 0 saturated heterocycles. The van der Waals surface area contributed by atoms with Crippen LogP contribution >= 0.6 is 11.8 Å². The molecule has 1 N–H and O–H groups in total. The number of methoxy groups -OCH3 is 1. The van der Waals surface area contributed by atoms with E-state index in [1.54, 1.807) is 7.11 Å². The second-order valence-electron chi connectivity index (χ2n) is 5.22. The van der Waals surface area contributed by atoms with Crippen LogP contribution in [0, 0.1) is 0 Å². The summed E-state index contributed by atoms with van der Waals surface area (Å²) < 4.78 is 7.04. The molecule has 2 aromatic heterocycles. The van der Waals surface area contributed by atoms with Gasteiger partial charge in [-0.3, -0.25) is 0 Å². The highest BCUT2D eigenvalue weighted by Crippen LogP contribution is 2.19. The zero-order valence-electron chi connectivity index (χ0n) is 12.9. The van der Waals surface area contributed by atoms with E-state index < -0.39 is 0 Å². The van der Waals surface area contributed by atoms with Crippen LogP contribution in [0.25, 0.3) is 11.0 Å². The van der Waals surface area contributed by atoms with Crippen LogP contribution in [0.2, 0.25) is 0 Å². The van der Waals surface area contributed by atoms with E-state index in [1.165, 1.54) is 0 Å². The second-order valence-corrected chi connectivity index (χ2v) is 6.50. The summed E-state index contributed by atoms with van der Waals surface area (Å²) in [6.07, 6.45) is 5.02. The van der Waals surface area contributed by atoms with Crippen molar-refractivity contribution in [2.24, 2.45) is 0 Å². The number of ether oxygens (including phenoxy) is 1. The minimum atomic E-state index is 0.545. The minimum absolute atomic E-state index is 0.545. The number of nitrogens with zero attached hydrogens (tertiary/aromatic N) is 4. The first-order chi connectivity index (χ1) is 10.7. The number of thioether (sulfide) groups is 1. The summed E-state index contributed by atoms with van der Waals surface area (Å²) in [6.45, 7) is 2.77. The van der Waals surface area contributed by atoms with Crippen molar-refractivity contribution in [3.05, 3.63) is 35.9 Å². The molecule has 7 heteroatoms. The molecule has 0 aliphatic carbocycles. The van der Waals surface area contributed by atoms with Gasteiger partial charge in [-0.2, -0.15) is 11.8 Å². The third-order valence-corrected chi connectivity index (χ3v) is 4.51. The first kappa shape index (κ1) is 14.9. The van der Waals surface area contributed by atoms with E-state index in [-0.39, 0.29) is 0 Å². The zero-order chi connectivity index (χ0) is 15.5. The van der Waals surface area contributed by atoms with E-state index in [0.717, 1.165) is 34.7 Å². The molecule has 3 rings (SSSR count). The number of H-pyrrole nitrogens is 1. The van der Waals surface area contributed by atoms with Crippen molar-refractivity contribution in [3.63, 3.8) is 0 Å². The van der Waals surface area contributed by atoms with E-state index in [9.17, 15) is 0 Å². The van der Waals surface area contributed by atoms with Crippen molar-refractivity contribution in [1.82, 2.24) is 25.0 Å². The molecule has 1 atom stereocenters. The Kier molecular flexibility index (Phi) is 4.33. The van der Waals surface area contributed by atoms with E-state index in [2.05, 4.69) is 33.5 Å². The molecule has 0 amide bonds. The first-order valence-electron chi connectivity index (χ1n) is 7.12. The fourth-order valence-corrected chi connectivity index (χ4v) is 2.62. The molecule has 1 aromatic carbocycles. The van der Waals surface area contributed by atoms with Gasteiger partial charge in [-0.25, -0.2) is 9.67 Å². The molecule has 1 unspecified atom stereocenters. The number of nitrogens with one attached hydrogen (secondary N) is 1. The normalized spacial score (nSPS) is 12.7. The molecule has 22 heavy (non-hydrogen) atoms. The highest BCUT2D eigenvalue weighted by atomic mass is 32.2. The summed E-state index contributed by atoms with van der Waals surface area (Å²) in [6, 6.07) is 5.80. The van der Waals surface area contributed by atoms with E-state index in [0.29, 0.717) is 11.8 Å². The molecule has 6 nitrogen and oxygen atoms in total. The van der Waals surface area contributed by atoms with E-state index >= 15 is 0 Å². The van der Waals surface area contributed by atoms with Gasteiger partial charge in [0.15, 0.2) is 0 Å². The largest absolute Gasteiger partial charge is 0.497 e. The van der Waals surface area contributed by atoms with Gasteiger partial charge < -0.3 is 9.72 Å². The van der Waals surface area contributed by atoms with Gasteiger partial charge in [0.25, 0.3) is 0 Å². The molecular weight excluding hydrogens is 298 g/mol. The van der Waals surface area contributed by atoms with Gasteiger partial charge >= 0.3 is 0 Å². The molecule has 0 aliphatic heterocycles. The van der Waals surface area contributed by atoms with E-state index in [1.807, 2.05) is 40.8 Å². The molecule has 0 aliphatic rings. The number of aromatic nitrogens is 5. The fourth-order valence-electron chi connectivity index (χ4n) is 2.28. The Labute approximate surface area is 133 Å². The van der Waals surface area contributed by atoms with Crippen molar-refractivity contribution in [3.8, 4) is 5.75 Å². The minimum Gasteiger partial charge on any atom is -0.497 e. The number of aromatic amines is 1. The summed E-state index contributed by atoms with van der Waals surface area (Å²) in [5.74, 6) is 1.68. The van der Waals surface area contributed by atoms with E-state index in [4.69, 9.17) is 4.74 Å². The number of hydrogen-bond donors (Lipinski definition) is 1. The molecule has 0 fully saturated rings. The average molecular weight is 317 g/mol. The number of hydrogen-bond acceptors (Lipinski definition) is 5. The van der Waals surface area contributed by atoms with Gasteiger partial charge in [-0.1, -0.05) is 12.1 Å². The Balaban J connectivity index is 1.75. The smallest absolute Gasteiger partial charge is 0.129 e. The Hall–Kier alpha value is -2.02. The Morgan fingerprint density at radius 2 is 2.27 bits per heavy atom. The summed E-state index contributed by atoms with van der Waals surface area (Å²) in [5.41, 5.74) is 2.90. The number of imidazole rings is 1. The number of rotatable bonds is 6. The van der Waals surface area contributed by atoms with Crippen LogP contribution in [0.1, 0.15) is 18.4 Å². The van der Waals surface area contributed by atoms with Gasteiger partial charge in [0, 0.05) is 23.9 Å². The van der Waals surface area contributed by atoms with Crippen LogP contribution in [0.15, 0.2) is 24.4 Å². The third-order valence-electron chi connectivity index (χ3n) is 3.53. The molecular formula is C15H19N5OS. The standard InChI is InChI=1S/C15H19N5OS/c1-10(22-3)6-11-8-20(19-18-11)9-15-16-13-5-4-12(21-2)7-14(13)17-15/h4-5,7-8,10H,6,9H2,1-3H3,(H,16,17). The van der Waals surface area contributed by atoms with Crippen LogP contribution < -0.4 is 4.74 Å². The average Bonchev–Trinajstić information content (AvgIpc) is 3.12. The topological polar surface area (TPSA) is 68.6 Å². The molecule has 0 saturated carbocycles. The van der Waals surface area contributed by atoms with Crippen molar-refractivity contribution >= 4 is 22.8 Å². The Bertz CT molecular complexity index is 766. The highest BCUT2D eigenvalue weighted by molar-refractivity contribution is 7.99. The predicted molar refractivity (Wildman–Crippen MR) is 88.5 cm³/mol. The van der Waals surface area contributed by atoms with Crippen LogP contribution in [0.3, 0.4) is 0 Å². The summed E-state index contributed by atoms with van der Waals surface area (Å²) in [5, 5.41) is 8.94. The highest BCUT2D eigenvalue weighted by Gasteiger charge is 2.09. The molecule has 0 bridgehead atoms. The van der Waals surface area contributed by atoms with Gasteiger partial charge in [0.2, 0.25) is 0 Å². The first-order valence-corrected chi connectivity index (χ1v) is 8.41. The summed E-state index contributed by atoms with van der Waals surface area (Å²) in [4.78, 5) is 7.86. The number of fused-ring (bicyclic) bond motifs is 1. The monoisotopic (exact) mass is 317 g/mol. The lowest BCUT2D eigenvalue weighted by molar-refractivity contribution is 0.415. The second kappa shape index (κ2) is 6.39. The maximum Gasteiger partial charge on any atom is 0.129 e. The molecule has 116 valence electrons. The third kappa shape index (κ3) is 3.24. The van der Waals surface area contributed by atoms with Crippen molar-refractivity contribution in [2.45, 2.75) is 25.1 Å². The fraction of sp³-hybridized carbons (Fsp3) is 0.400. The Morgan fingerprint density at radius 1 is 1.41 bits per heavy atom. The molecule has 2 heterocycles. The lowest BCUT2D eigenvalue weighted by atomic mass is 10.3. The molecule has 0 spiro atoms. The van der Waals surface area contributed by atoms with Crippen LogP contribution in [-0.4, -0.2) is 43.6 Å². The van der Waals surface area contributed by atoms with Crippen molar-refractivity contribution in [1.29, 1.82) is 0 Å². The number of benzene rings is 1. The van der Waals surface area contributed by atoms with Crippen LogP contribution in [0.4, 0.5) is 0 Å². The summed E-state index contributed by atoms with van der Waals surface area (Å²) >= 11 is 1.83.